The van der Waals surface area contributed by atoms with E-state index in [1.807, 2.05) is 37.3 Å². The van der Waals surface area contributed by atoms with E-state index in [9.17, 15) is 9.90 Å². The first-order valence-electron chi connectivity index (χ1n) is 8.87. The van der Waals surface area contributed by atoms with Crippen LogP contribution in [0.1, 0.15) is 43.7 Å². The molecular formula is C21H25NO4. The number of phenolic OH excluding ortho intramolecular Hbond substituents is 1. The molecule has 0 aliphatic heterocycles. The lowest BCUT2D eigenvalue weighted by Gasteiger charge is -2.08. The van der Waals surface area contributed by atoms with Crippen LogP contribution >= 0.6 is 0 Å². The van der Waals surface area contributed by atoms with Crippen LogP contribution in [-0.4, -0.2) is 23.4 Å². The molecule has 0 bridgehead atoms. The highest BCUT2D eigenvalue weighted by atomic mass is 16.6. The van der Waals surface area contributed by atoms with Crippen LogP contribution in [-0.2, 0) is 21.0 Å². The number of oxime groups is 1. The largest absolute Gasteiger partial charge is 0.508 e. The number of nitrogens with zero attached hydrogens (tertiary/aromatic N) is 1. The van der Waals surface area contributed by atoms with Gasteiger partial charge in [0.2, 0.25) is 0 Å². The number of phenols is 1. The average Bonchev–Trinajstić information content (AvgIpc) is 2.66. The van der Waals surface area contributed by atoms with Gasteiger partial charge in [0.15, 0.2) is 0 Å². The monoisotopic (exact) mass is 355 g/mol. The topological polar surface area (TPSA) is 68.1 Å². The van der Waals surface area contributed by atoms with Gasteiger partial charge in [-0.15, -0.1) is 0 Å². The summed E-state index contributed by atoms with van der Waals surface area (Å²) in [5, 5.41) is 13.6. The third kappa shape index (κ3) is 6.97. The van der Waals surface area contributed by atoms with Crippen molar-refractivity contribution in [2.45, 2.75) is 39.2 Å². The number of aromatic hydroxyl groups is 1. The molecule has 2 aromatic carbocycles. The van der Waals surface area contributed by atoms with Crippen molar-refractivity contribution in [3.05, 3.63) is 65.7 Å². The molecule has 5 nitrogen and oxygen atoms in total. The van der Waals surface area contributed by atoms with Gasteiger partial charge in [-0.2, -0.15) is 0 Å². The minimum absolute atomic E-state index is 0.158. The summed E-state index contributed by atoms with van der Waals surface area (Å²) >= 11 is 0. The number of carbonyl (C=O) groups excluding carboxylic acids is 1. The maximum absolute atomic E-state index is 11.4. The number of hydrogen-bond acceptors (Lipinski definition) is 5. The highest BCUT2D eigenvalue weighted by Crippen LogP contribution is 2.13. The summed E-state index contributed by atoms with van der Waals surface area (Å²) < 4.78 is 4.94. The van der Waals surface area contributed by atoms with Gasteiger partial charge in [-0.05, 0) is 49.4 Å². The van der Waals surface area contributed by atoms with E-state index in [1.165, 1.54) is 0 Å². The number of unbranched alkanes of at least 4 members (excludes halogenated alkanes) is 1. The molecular weight excluding hydrogens is 330 g/mol. The summed E-state index contributed by atoms with van der Waals surface area (Å²) in [6.07, 6.45) is 2.72. The van der Waals surface area contributed by atoms with Crippen molar-refractivity contribution in [1.82, 2.24) is 0 Å². The van der Waals surface area contributed by atoms with Gasteiger partial charge in [-0.1, -0.05) is 47.6 Å². The smallest absolute Gasteiger partial charge is 0.305 e. The predicted molar refractivity (Wildman–Crippen MR) is 101 cm³/mol. The Balaban J connectivity index is 1.91. The molecule has 0 unspecified atom stereocenters. The molecule has 0 aliphatic rings. The molecule has 0 fully saturated rings. The lowest BCUT2D eigenvalue weighted by Crippen LogP contribution is -2.05. The number of carbonyl (C=O) groups is 1. The molecule has 26 heavy (non-hydrogen) atoms. The third-order valence-electron chi connectivity index (χ3n) is 3.80. The molecule has 0 heterocycles. The van der Waals surface area contributed by atoms with Crippen molar-refractivity contribution in [1.29, 1.82) is 0 Å². The second-order valence-electron chi connectivity index (χ2n) is 5.86. The summed E-state index contributed by atoms with van der Waals surface area (Å²) in [6, 6.07) is 16.7. The lowest BCUT2D eigenvalue weighted by molar-refractivity contribution is -0.143. The second-order valence-corrected chi connectivity index (χ2v) is 5.86. The first-order chi connectivity index (χ1) is 12.7. The van der Waals surface area contributed by atoms with E-state index < -0.39 is 0 Å². The van der Waals surface area contributed by atoms with Crippen LogP contribution in [0.4, 0.5) is 0 Å². The van der Waals surface area contributed by atoms with Gasteiger partial charge in [-0.25, -0.2) is 0 Å². The van der Waals surface area contributed by atoms with Crippen molar-refractivity contribution in [2.75, 3.05) is 6.61 Å². The fourth-order valence-corrected chi connectivity index (χ4v) is 2.45. The van der Waals surface area contributed by atoms with Crippen molar-refractivity contribution in [3.8, 4) is 5.75 Å². The molecule has 0 aromatic heterocycles. The van der Waals surface area contributed by atoms with Gasteiger partial charge >= 0.3 is 5.97 Å². The first kappa shape index (κ1) is 19.5. The van der Waals surface area contributed by atoms with Crippen LogP contribution in [0.3, 0.4) is 0 Å². The Bertz CT molecular complexity index is 696. The molecule has 0 radical (unpaired) electrons. The number of esters is 1. The standard InChI is InChI=1S/C21H25NO4/c1-2-25-21(24)11-7-6-10-20(18-8-4-3-5-9-18)22-26-16-17-12-14-19(23)15-13-17/h3-5,8-9,12-15,23H,2,6-7,10-11,16H2,1H3/b22-20+. The lowest BCUT2D eigenvalue weighted by atomic mass is 10.0. The van der Waals surface area contributed by atoms with Crippen LogP contribution in [0.2, 0.25) is 0 Å². The quantitative estimate of drug-likeness (QED) is 0.296. The van der Waals surface area contributed by atoms with E-state index in [0.717, 1.165) is 36.1 Å². The summed E-state index contributed by atoms with van der Waals surface area (Å²) in [7, 11) is 0. The van der Waals surface area contributed by atoms with E-state index >= 15 is 0 Å². The zero-order valence-corrected chi connectivity index (χ0v) is 15.1. The Hall–Kier alpha value is -2.82. The molecule has 0 aliphatic carbocycles. The second kappa shape index (κ2) is 10.9. The van der Waals surface area contributed by atoms with E-state index in [4.69, 9.17) is 9.57 Å². The van der Waals surface area contributed by atoms with Crippen molar-refractivity contribution >= 4 is 11.7 Å². The molecule has 2 aromatic rings. The van der Waals surface area contributed by atoms with E-state index in [1.54, 1.807) is 24.3 Å². The minimum atomic E-state index is -0.158. The molecule has 1 N–H and O–H groups in total. The molecule has 138 valence electrons. The zero-order chi connectivity index (χ0) is 18.6. The summed E-state index contributed by atoms with van der Waals surface area (Å²) in [4.78, 5) is 16.9. The molecule has 0 saturated heterocycles. The van der Waals surface area contributed by atoms with Crippen LogP contribution < -0.4 is 0 Å². The van der Waals surface area contributed by atoms with Crippen LogP contribution in [0.5, 0.6) is 5.75 Å². The fourth-order valence-electron chi connectivity index (χ4n) is 2.45. The third-order valence-corrected chi connectivity index (χ3v) is 3.80. The molecule has 0 spiro atoms. The minimum Gasteiger partial charge on any atom is -0.508 e. The number of rotatable bonds is 10. The Kier molecular flexibility index (Phi) is 8.19. The van der Waals surface area contributed by atoms with Gasteiger partial charge in [0.25, 0.3) is 0 Å². The Morgan fingerprint density at radius 1 is 1.00 bits per heavy atom. The predicted octanol–water partition coefficient (Wildman–Crippen LogP) is 4.44. The average molecular weight is 355 g/mol. The SMILES string of the molecule is CCOC(=O)CCCC/C(=N\OCc1ccc(O)cc1)c1ccccc1. The number of benzene rings is 2. The molecule has 0 saturated carbocycles. The summed E-state index contributed by atoms with van der Waals surface area (Å²) in [5.74, 6) is 0.0677. The summed E-state index contributed by atoms with van der Waals surface area (Å²) in [5.41, 5.74) is 2.80. The van der Waals surface area contributed by atoms with Gasteiger partial charge in [0, 0.05) is 6.42 Å². The fraction of sp³-hybridized carbons (Fsp3) is 0.333. The molecule has 0 amide bonds. The Morgan fingerprint density at radius 2 is 1.69 bits per heavy atom. The van der Waals surface area contributed by atoms with E-state index in [-0.39, 0.29) is 11.7 Å². The van der Waals surface area contributed by atoms with Gasteiger partial charge in [0.05, 0.1) is 12.3 Å². The van der Waals surface area contributed by atoms with Gasteiger partial charge in [0.1, 0.15) is 12.4 Å². The van der Waals surface area contributed by atoms with Crippen LogP contribution in [0.15, 0.2) is 59.8 Å². The van der Waals surface area contributed by atoms with Crippen molar-refractivity contribution < 1.29 is 19.5 Å². The number of ether oxygens (including phenoxy) is 1. The van der Waals surface area contributed by atoms with Crippen LogP contribution in [0.25, 0.3) is 0 Å². The molecule has 5 heteroatoms. The maximum atomic E-state index is 11.4. The van der Waals surface area contributed by atoms with E-state index in [0.29, 0.717) is 19.6 Å². The molecule has 2 rings (SSSR count). The normalized spacial score (nSPS) is 11.2. The molecule has 0 atom stereocenters. The first-order valence-corrected chi connectivity index (χ1v) is 8.87. The maximum Gasteiger partial charge on any atom is 0.305 e. The van der Waals surface area contributed by atoms with Crippen molar-refractivity contribution in [3.63, 3.8) is 0 Å². The van der Waals surface area contributed by atoms with Crippen molar-refractivity contribution in [2.24, 2.45) is 5.16 Å². The Labute approximate surface area is 154 Å². The summed E-state index contributed by atoms with van der Waals surface area (Å²) in [6.45, 7) is 2.56. The highest BCUT2D eigenvalue weighted by Gasteiger charge is 2.07. The van der Waals surface area contributed by atoms with Gasteiger partial charge < -0.3 is 14.7 Å². The number of hydrogen-bond donors (Lipinski definition) is 1. The van der Waals surface area contributed by atoms with Gasteiger partial charge in [-0.3, -0.25) is 4.79 Å². The zero-order valence-electron chi connectivity index (χ0n) is 15.1. The van der Waals surface area contributed by atoms with Crippen LogP contribution in [0, 0.1) is 0 Å². The highest BCUT2D eigenvalue weighted by molar-refractivity contribution is 6.00. The Morgan fingerprint density at radius 3 is 2.38 bits per heavy atom. The van der Waals surface area contributed by atoms with E-state index in [2.05, 4.69) is 5.16 Å².